The van der Waals surface area contributed by atoms with E-state index in [9.17, 15) is 8.42 Å². The van der Waals surface area contributed by atoms with Gasteiger partial charge in [0.2, 0.25) is 10.0 Å². The zero-order valence-corrected chi connectivity index (χ0v) is 10.2. The van der Waals surface area contributed by atoms with E-state index in [1.54, 1.807) is 13.1 Å². The van der Waals surface area contributed by atoms with Crippen LogP contribution in [-0.2, 0) is 14.9 Å². The number of hydrogen-bond acceptors (Lipinski definition) is 5. The molecule has 1 aromatic carbocycles. The number of nitrogen functional groups attached to an aromatic ring is 1. The Balaban J connectivity index is 3.19. The molecule has 0 fully saturated rings. The molecule has 1 rings (SSSR count). The summed E-state index contributed by atoms with van der Waals surface area (Å²) in [6, 6.07) is 4.44. The van der Waals surface area contributed by atoms with Crippen molar-refractivity contribution < 1.29 is 13.3 Å². The van der Waals surface area contributed by atoms with Gasteiger partial charge in [-0.1, -0.05) is 0 Å². The Morgan fingerprint density at radius 2 is 2.06 bits per heavy atom. The molecule has 0 aliphatic carbocycles. The second kappa shape index (κ2) is 4.69. The van der Waals surface area contributed by atoms with Crippen LogP contribution in [0.2, 0.25) is 0 Å². The van der Waals surface area contributed by atoms with E-state index in [-0.39, 0.29) is 4.90 Å². The fourth-order valence-electron chi connectivity index (χ4n) is 1.20. The van der Waals surface area contributed by atoms with Crippen molar-refractivity contribution in [3.63, 3.8) is 0 Å². The van der Waals surface area contributed by atoms with Crippen molar-refractivity contribution in [2.75, 3.05) is 32.0 Å². The third-order valence-corrected chi connectivity index (χ3v) is 3.60. The summed E-state index contributed by atoms with van der Waals surface area (Å²) in [6.07, 6.45) is 0. The van der Waals surface area contributed by atoms with Gasteiger partial charge in [0.05, 0.1) is 23.4 Å². The van der Waals surface area contributed by atoms with Crippen LogP contribution in [0.5, 0.6) is 0 Å². The molecule has 0 radical (unpaired) electrons. The first kappa shape index (κ1) is 12.8. The van der Waals surface area contributed by atoms with E-state index in [2.05, 4.69) is 4.72 Å². The van der Waals surface area contributed by atoms with Crippen LogP contribution < -0.4 is 15.5 Å². The first-order valence-corrected chi connectivity index (χ1v) is 6.01. The van der Waals surface area contributed by atoms with E-state index in [0.29, 0.717) is 11.4 Å². The van der Waals surface area contributed by atoms with E-state index in [4.69, 9.17) is 10.6 Å². The van der Waals surface area contributed by atoms with Crippen LogP contribution in [0.25, 0.3) is 0 Å². The predicted molar refractivity (Wildman–Crippen MR) is 62.5 cm³/mol. The fourth-order valence-corrected chi connectivity index (χ4v) is 1.97. The smallest absolute Gasteiger partial charge is 0.240 e. The second-order valence-corrected chi connectivity index (χ2v) is 4.99. The molecule has 0 spiro atoms. The lowest BCUT2D eigenvalue weighted by molar-refractivity contribution is 0.185. The van der Waals surface area contributed by atoms with Gasteiger partial charge in [0, 0.05) is 7.05 Å². The molecule has 0 aliphatic heterocycles. The summed E-state index contributed by atoms with van der Waals surface area (Å²) in [7, 11) is 1.06. The number of nitrogens with one attached hydrogen (secondary N) is 1. The van der Waals surface area contributed by atoms with E-state index in [0.717, 1.165) is 0 Å². The quantitative estimate of drug-likeness (QED) is 0.583. The van der Waals surface area contributed by atoms with Gasteiger partial charge >= 0.3 is 0 Å². The van der Waals surface area contributed by atoms with Gasteiger partial charge in [-0.05, 0) is 25.2 Å². The monoisotopic (exact) mass is 245 g/mol. The molecular formula is C9H15N3O3S. The van der Waals surface area contributed by atoms with Gasteiger partial charge < -0.3 is 5.73 Å². The van der Waals surface area contributed by atoms with Crippen LogP contribution in [0.3, 0.4) is 0 Å². The lowest BCUT2D eigenvalue weighted by Crippen LogP contribution is -2.20. The molecule has 0 unspecified atom stereocenters. The SMILES string of the molecule is CNS(=O)(=O)c1ccc(N(C)OC)c(N)c1. The highest BCUT2D eigenvalue weighted by Gasteiger charge is 2.14. The Hall–Kier alpha value is -1.31. The molecule has 3 N–H and O–H groups in total. The molecule has 16 heavy (non-hydrogen) atoms. The normalized spacial score (nSPS) is 11.4. The zero-order chi connectivity index (χ0) is 12.3. The van der Waals surface area contributed by atoms with Crippen LogP contribution >= 0.6 is 0 Å². The molecule has 0 bridgehead atoms. The van der Waals surface area contributed by atoms with Crippen molar-refractivity contribution in [1.29, 1.82) is 0 Å². The predicted octanol–water partition coefficient (Wildman–Crippen LogP) is 0.174. The maximum atomic E-state index is 11.5. The maximum Gasteiger partial charge on any atom is 0.240 e. The van der Waals surface area contributed by atoms with Gasteiger partial charge in [-0.3, -0.25) is 9.90 Å². The van der Waals surface area contributed by atoms with Gasteiger partial charge in [-0.2, -0.15) is 0 Å². The van der Waals surface area contributed by atoms with Crippen LogP contribution in [-0.4, -0.2) is 29.6 Å². The molecule has 90 valence electrons. The standard InChI is InChI=1S/C9H15N3O3S/c1-11-16(13,14)7-4-5-9(8(10)6-7)12(2)15-3/h4-6,11H,10H2,1-3H3. The lowest BCUT2D eigenvalue weighted by Gasteiger charge is -2.18. The average Bonchev–Trinajstić information content (AvgIpc) is 2.28. The third-order valence-electron chi connectivity index (χ3n) is 2.19. The van der Waals surface area contributed by atoms with Gasteiger partial charge in [0.25, 0.3) is 0 Å². The van der Waals surface area contributed by atoms with Gasteiger partial charge in [0.1, 0.15) is 0 Å². The van der Waals surface area contributed by atoms with E-state index < -0.39 is 10.0 Å². The lowest BCUT2D eigenvalue weighted by atomic mass is 10.3. The second-order valence-electron chi connectivity index (χ2n) is 3.11. The van der Waals surface area contributed by atoms with Gasteiger partial charge in [0.15, 0.2) is 0 Å². The molecule has 7 heteroatoms. The van der Waals surface area contributed by atoms with Crippen LogP contribution in [0.1, 0.15) is 0 Å². The molecule has 0 atom stereocenters. The molecule has 0 saturated carbocycles. The molecule has 0 heterocycles. The summed E-state index contributed by atoms with van der Waals surface area (Å²) in [5.41, 5.74) is 6.68. The Morgan fingerprint density at radius 1 is 1.44 bits per heavy atom. The molecular weight excluding hydrogens is 230 g/mol. The van der Waals surface area contributed by atoms with Crippen LogP contribution in [0.4, 0.5) is 11.4 Å². The van der Waals surface area contributed by atoms with Gasteiger partial charge in [-0.15, -0.1) is 0 Å². The van der Waals surface area contributed by atoms with Crippen molar-refractivity contribution in [3.05, 3.63) is 18.2 Å². The minimum absolute atomic E-state index is 0.126. The number of nitrogens with two attached hydrogens (primary N) is 1. The number of sulfonamides is 1. The number of hydrogen-bond donors (Lipinski definition) is 2. The van der Waals surface area contributed by atoms with Crippen molar-refractivity contribution in [1.82, 2.24) is 4.72 Å². The molecule has 0 aliphatic rings. The van der Waals surface area contributed by atoms with Crippen LogP contribution in [0, 0.1) is 0 Å². The average molecular weight is 245 g/mol. The number of anilines is 2. The Labute approximate surface area is 95.0 Å². The highest BCUT2D eigenvalue weighted by molar-refractivity contribution is 7.89. The Morgan fingerprint density at radius 3 is 2.50 bits per heavy atom. The number of hydroxylamine groups is 1. The number of benzene rings is 1. The van der Waals surface area contributed by atoms with Crippen molar-refractivity contribution in [2.45, 2.75) is 4.90 Å². The summed E-state index contributed by atoms with van der Waals surface area (Å²) in [5, 5.41) is 1.45. The highest BCUT2D eigenvalue weighted by Crippen LogP contribution is 2.25. The Bertz CT molecular complexity index is 473. The van der Waals surface area contributed by atoms with Crippen molar-refractivity contribution in [2.24, 2.45) is 0 Å². The largest absolute Gasteiger partial charge is 0.397 e. The summed E-state index contributed by atoms with van der Waals surface area (Å²) < 4.78 is 25.2. The Kier molecular flexibility index (Phi) is 3.74. The maximum absolute atomic E-state index is 11.5. The summed E-state index contributed by atoms with van der Waals surface area (Å²) in [5.74, 6) is 0. The number of nitrogens with zero attached hydrogens (tertiary/aromatic N) is 1. The topological polar surface area (TPSA) is 84.7 Å². The number of rotatable bonds is 4. The van der Waals surface area contributed by atoms with E-state index in [1.165, 1.54) is 31.4 Å². The molecule has 1 aromatic rings. The van der Waals surface area contributed by atoms with Crippen molar-refractivity contribution in [3.8, 4) is 0 Å². The van der Waals surface area contributed by atoms with Crippen LogP contribution in [0.15, 0.2) is 23.1 Å². The van der Waals surface area contributed by atoms with E-state index >= 15 is 0 Å². The molecule has 6 nitrogen and oxygen atoms in total. The molecule has 0 saturated heterocycles. The molecule has 0 aromatic heterocycles. The van der Waals surface area contributed by atoms with Gasteiger partial charge in [-0.25, -0.2) is 13.1 Å². The third kappa shape index (κ3) is 2.43. The minimum Gasteiger partial charge on any atom is -0.397 e. The first-order valence-electron chi connectivity index (χ1n) is 4.53. The first-order chi connectivity index (χ1) is 7.42. The minimum atomic E-state index is -3.46. The summed E-state index contributed by atoms with van der Waals surface area (Å²) >= 11 is 0. The fraction of sp³-hybridized carbons (Fsp3) is 0.333. The molecule has 0 amide bonds. The summed E-state index contributed by atoms with van der Waals surface area (Å²) in [6.45, 7) is 0. The zero-order valence-electron chi connectivity index (χ0n) is 9.39. The highest BCUT2D eigenvalue weighted by atomic mass is 32.2. The van der Waals surface area contributed by atoms with E-state index in [1.807, 2.05) is 0 Å². The summed E-state index contributed by atoms with van der Waals surface area (Å²) in [4.78, 5) is 5.08. The van der Waals surface area contributed by atoms with Crippen molar-refractivity contribution >= 4 is 21.4 Å².